The standard InChI is InChI=1S/C7H8ClNOS/c8-11(10)7-3-1-6(5-9)2-4-7/h1-4H,5,9H2. The van der Waals surface area contributed by atoms with Gasteiger partial charge in [0.2, 0.25) is 0 Å². The van der Waals surface area contributed by atoms with Crippen molar-refractivity contribution in [2.24, 2.45) is 5.73 Å². The first-order valence-corrected chi connectivity index (χ1v) is 5.08. The predicted molar refractivity (Wildman–Crippen MR) is 46.6 cm³/mol. The summed E-state index contributed by atoms with van der Waals surface area (Å²) in [5, 5.41) is 0. The van der Waals surface area contributed by atoms with E-state index in [1.165, 1.54) is 0 Å². The van der Waals surface area contributed by atoms with E-state index < -0.39 is 10.0 Å². The summed E-state index contributed by atoms with van der Waals surface area (Å²) in [7, 11) is 3.93. The molecule has 0 spiro atoms. The summed E-state index contributed by atoms with van der Waals surface area (Å²) in [5.41, 5.74) is 6.38. The zero-order valence-electron chi connectivity index (χ0n) is 5.79. The zero-order chi connectivity index (χ0) is 8.27. The van der Waals surface area contributed by atoms with Gasteiger partial charge in [-0.25, -0.2) is 4.21 Å². The summed E-state index contributed by atoms with van der Waals surface area (Å²) in [6, 6.07) is 7.06. The first-order valence-electron chi connectivity index (χ1n) is 3.11. The van der Waals surface area contributed by atoms with Crippen molar-refractivity contribution in [2.45, 2.75) is 11.4 Å². The molecule has 0 heterocycles. The van der Waals surface area contributed by atoms with E-state index in [0.717, 1.165) is 5.56 Å². The van der Waals surface area contributed by atoms with Crippen molar-refractivity contribution in [3.05, 3.63) is 29.8 Å². The van der Waals surface area contributed by atoms with Gasteiger partial charge in [-0.05, 0) is 28.4 Å². The Labute approximate surface area is 72.3 Å². The van der Waals surface area contributed by atoms with Crippen molar-refractivity contribution in [2.75, 3.05) is 0 Å². The summed E-state index contributed by atoms with van der Waals surface area (Å²) in [4.78, 5) is 0.615. The summed E-state index contributed by atoms with van der Waals surface area (Å²) in [6.45, 7) is 0.495. The van der Waals surface area contributed by atoms with Crippen molar-refractivity contribution in [3.63, 3.8) is 0 Å². The van der Waals surface area contributed by atoms with Gasteiger partial charge < -0.3 is 5.73 Å². The lowest BCUT2D eigenvalue weighted by molar-refractivity contribution is 0.691. The summed E-state index contributed by atoms with van der Waals surface area (Å²) in [5.74, 6) is 0. The zero-order valence-corrected chi connectivity index (χ0v) is 7.36. The molecule has 0 saturated heterocycles. The van der Waals surface area contributed by atoms with E-state index in [1.54, 1.807) is 12.1 Å². The monoisotopic (exact) mass is 189 g/mol. The second kappa shape index (κ2) is 3.85. The first-order chi connectivity index (χ1) is 5.24. The Hall–Kier alpha value is -0.380. The molecule has 0 amide bonds. The Kier molecular flexibility index (Phi) is 3.05. The lowest BCUT2D eigenvalue weighted by Crippen LogP contribution is -1.95. The van der Waals surface area contributed by atoms with Crippen LogP contribution in [0.4, 0.5) is 0 Å². The maximum Gasteiger partial charge on any atom is 0.147 e. The Morgan fingerprint density at radius 1 is 1.36 bits per heavy atom. The van der Waals surface area contributed by atoms with E-state index in [1.807, 2.05) is 12.1 Å². The minimum atomic E-state index is -1.41. The van der Waals surface area contributed by atoms with Gasteiger partial charge in [-0.2, -0.15) is 0 Å². The van der Waals surface area contributed by atoms with Crippen LogP contribution in [0.25, 0.3) is 0 Å². The van der Waals surface area contributed by atoms with E-state index in [4.69, 9.17) is 16.4 Å². The van der Waals surface area contributed by atoms with Crippen LogP contribution in [0, 0.1) is 0 Å². The van der Waals surface area contributed by atoms with Crippen LogP contribution in [-0.2, 0) is 16.6 Å². The molecule has 0 bridgehead atoms. The predicted octanol–water partition coefficient (Wildman–Crippen LogP) is 1.41. The molecular weight excluding hydrogens is 182 g/mol. The van der Waals surface area contributed by atoms with Gasteiger partial charge >= 0.3 is 0 Å². The number of benzene rings is 1. The van der Waals surface area contributed by atoms with Gasteiger partial charge in [-0.3, -0.25) is 0 Å². The van der Waals surface area contributed by atoms with Crippen LogP contribution in [-0.4, -0.2) is 4.21 Å². The molecule has 1 unspecified atom stereocenters. The molecule has 0 aliphatic rings. The molecule has 4 heteroatoms. The third kappa shape index (κ3) is 2.29. The normalized spacial score (nSPS) is 12.9. The van der Waals surface area contributed by atoms with Gasteiger partial charge in [0.15, 0.2) is 0 Å². The van der Waals surface area contributed by atoms with Gasteiger partial charge in [-0.15, -0.1) is 0 Å². The molecule has 0 fully saturated rings. The van der Waals surface area contributed by atoms with E-state index in [9.17, 15) is 4.21 Å². The molecule has 1 aromatic carbocycles. The van der Waals surface area contributed by atoms with Crippen molar-refractivity contribution < 1.29 is 4.21 Å². The highest BCUT2D eigenvalue weighted by Crippen LogP contribution is 2.10. The molecule has 0 saturated carbocycles. The minimum Gasteiger partial charge on any atom is -0.326 e. The van der Waals surface area contributed by atoms with E-state index in [0.29, 0.717) is 11.4 Å². The van der Waals surface area contributed by atoms with E-state index in [-0.39, 0.29) is 0 Å². The van der Waals surface area contributed by atoms with Crippen molar-refractivity contribution in [3.8, 4) is 0 Å². The van der Waals surface area contributed by atoms with Crippen molar-refractivity contribution in [1.82, 2.24) is 0 Å². The SMILES string of the molecule is NCc1ccc(S(=O)Cl)cc1. The fourth-order valence-corrected chi connectivity index (χ4v) is 1.39. The van der Waals surface area contributed by atoms with Gasteiger partial charge in [0.25, 0.3) is 0 Å². The smallest absolute Gasteiger partial charge is 0.147 e. The second-order valence-electron chi connectivity index (χ2n) is 2.07. The quantitative estimate of drug-likeness (QED) is 0.715. The van der Waals surface area contributed by atoms with Crippen LogP contribution in [0.5, 0.6) is 0 Å². The topological polar surface area (TPSA) is 43.1 Å². The number of rotatable bonds is 2. The van der Waals surface area contributed by atoms with Gasteiger partial charge in [0, 0.05) is 6.54 Å². The van der Waals surface area contributed by atoms with Crippen LogP contribution in [0.15, 0.2) is 29.2 Å². The van der Waals surface area contributed by atoms with Crippen molar-refractivity contribution >= 4 is 20.7 Å². The van der Waals surface area contributed by atoms with Crippen LogP contribution < -0.4 is 5.73 Å². The Bertz CT molecular complexity index is 260. The van der Waals surface area contributed by atoms with Gasteiger partial charge in [0.1, 0.15) is 10.0 Å². The highest BCUT2D eigenvalue weighted by Gasteiger charge is 1.97. The number of halogens is 1. The molecule has 1 atom stereocenters. The third-order valence-electron chi connectivity index (χ3n) is 1.34. The molecule has 1 rings (SSSR count). The number of nitrogens with two attached hydrogens (primary N) is 1. The van der Waals surface area contributed by atoms with Gasteiger partial charge in [0.05, 0.1) is 4.90 Å². The fourth-order valence-electron chi connectivity index (χ4n) is 0.733. The molecular formula is C7H8ClNOS. The number of hydrogen-bond donors (Lipinski definition) is 1. The summed E-state index contributed by atoms with van der Waals surface area (Å²) in [6.07, 6.45) is 0. The lowest BCUT2D eigenvalue weighted by atomic mass is 10.2. The van der Waals surface area contributed by atoms with Crippen LogP contribution in [0.2, 0.25) is 0 Å². The lowest BCUT2D eigenvalue weighted by Gasteiger charge is -1.96. The summed E-state index contributed by atoms with van der Waals surface area (Å²) >= 11 is 0. The molecule has 2 nitrogen and oxygen atoms in total. The second-order valence-corrected chi connectivity index (χ2v) is 3.83. The molecule has 0 aliphatic heterocycles. The number of hydrogen-bond acceptors (Lipinski definition) is 2. The third-order valence-corrected chi connectivity index (χ3v) is 2.52. The molecule has 0 aromatic heterocycles. The largest absolute Gasteiger partial charge is 0.326 e. The molecule has 2 N–H and O–H groups in total. The first kappa shape index (κ1) is 8.71. The Morgan fingerprint density at radius 2 is 1.91 bits per heavy atom. The van der Waals surface area contributed by atoms with E-state index >= 15 is 0 Å². The molecule has 0 radical (unpaired) electrons. The minimum absolute atomic E-state index is 0.495. The molecule has 0 aliphatic carbocycles. The highest BCUT2D eigenvalue weighted by atomic mass is 35.7. The average molecular weight is 190 g/mol. The van der Waals surface area contributed by atoms with Crippen LogP contribution in [0.1, 0.15) is 5.56 Å². The molecule has 1 aromatic rings. The van der Waals surface area contributed by atoms with Crippen LogP contribution in [0.3, 0.4) is 0 Å². The molecule has 11 heavy (non-hydrogen) atoms. The Morgan fingerprint density at radius 3 is 2.27 bits per heavy atom. The van der Waals surface area contributed by atoms with Crippen molar-refractivity contribution in [1.29, 1.82) is 0 Å². The molecule has 60 valence electrons. The maximum absolute atomic E-state index is 10.7. The maximum atomic E-state index is 10.7. The van der Waals surface area contributed by atoms with E-state index in [2.05, 4.69) is 0 Å². The van der Waals surface area contributed by atoms with Gasteiger partial charge in [-0.1, -0.05) is 12.1 Å². The summed E-state index contributed by atoms with van der Waals surface area (Å²) < 4.78 is 10.7. The highest BCUT2D eigenvalue weighted by molar-refractivity contribution is 8.08. The Balaban J connectivity index is 2.91. The van der Waals surface area contributed by atoms with Crippen LogP contribution >= 0.6 is 10.7 Å². The fraction of sp³-hybridized carbons (Fsp3) is 0.143. The average Bonchev–Trinajstić information content (AvgIpc) is 2.05.